The van der Waals surface area contributed by atoms with Crippen LogP contribution < -0.4 is 0 Å². The first-order chi connectivity index (χ1) is 10.3. The second-order valence-electron chi connectivity index (χ2n) is 5.24. The average molecular weight is 315 g/mol. The maximum Gasteiger partial charge on any atom is 0.0630 e. The van der Waals surface area contributed by atoms with Gasteiger partial charge in [-0.1, -0.05) is 83.9 Å². The molecule has 1 aliphatic rings. The van der Waals surface area contributed by atoms with Crippen LogP contribution in [-0.2, 0) is 6.42 Å². The van der Waals surface area contributed by atoms with Crippen LogP contribution in [0.2, 0.25) is 0 Å². The van der Waals surface area contributed by atoms with Crippen LogP contribution in [0.5, 0.6) is 0 Å². The van der Waals surface area contributed by atoms with E-state index in [0.717, 1.165) is 29.9 Å². The van der Waals surface area contributed by atoms with Gasteiger partial charge < -0.3 is 0 Å². The van der Waals surface area contributed by atoms with Gasteiger partial charge in [-0.2, -0.15) is 0 Å². The minimum Gasteiger partial charge on any atom is -0.0827 e. The van der Waals surface area contributed by atoms with Crippen molar-refractivity contribution in [3.05, 3.63) is 87.4 Å². The molecule has 106 valence electrons. The van der Waals surface area contributed by atoms with Crippen molar-refractivity contribution in [1.29, 1.82) is 0 Å². The highest BCUT2D eigenvalue weighted by atomic mass is 35.5. The molecule has 0 N–H and O–H groups in total. The topological polar surface area (TPSA) is 0 Å². The van der Waals surface area contributed by atoms with Crippen LogP contribution in [0.25, 0.3) is 5.57 Å². The molecule has 0 fully saturated rings. The summed E-state index contributed by atoms with van der Waals surface area (Å²) in [6.45, 7) is 0. The van der Waals surface area contributed by atoms with E-state index in [4.69, 9.17) is 23.2 Å². The molecule has 2 aromatic carbocycles. The Morgan fingerprint density at radius 1 is 0.714 bits per heavy atom. The van der Waals surface area contributed by atoms with Crippen LogP contribution in [0.4, 0.5) is 0 Å². The molecule has 0 unspecified atom stereocenters. The molecule has 21 heavy (non-hydrogen) atoms. The molecule has 0 nitrogen and oxygen atoms in total. The summed E-state index contributed by atoms with van der Waals surface area (Å²) in [6, 6.07) is 20.6. The second kappa shape index (κ2) is 6.51. The van der Waals surface area contributed by atoms with E-state index in [1.54, 1.807) is 0 Å². The summed E-state index contributed by atoms with van der Waals surface area (Å²) in [6.07, 6.45) is 2.79. The van der Waals surface area contributed by atoms with Crippen LogP contribution >= 0.6 is 23.2 Å². The zero-order valence-electron chi connectivity index (χ0n) is 11.7. The predicted molar refractivity (Wildman–Crippen MR) is 91.5 cm³/mol. The normalized spacial score (nSPS) is 15.5. The first kappa shape index (κ1) is 14.4. The second-order valence-corrected chi connectivity index (χ2v) is 5.99. The lowest BCUT2D eigenvalue weighted by Crippen LogP contribution is -2.02. The Labute approximate surface area is 135 Å². The van der Waals surface area contributed by atoms with Gasteiger partial charge in [-0.05, 0) is 41.5 Å². The number of allylic oxidation sites excluding steroid dienone is 4. The maximum atomic E-state index is 6.52. The molecule has 0 spiro atoms. The summed E-state index contributed by atoms with van der Waals surface area (Å²) in [5, 5.41) is 1.44. The molecule has 0 saturated heterocycles. The molecule has 3 rings (SSSR count). The van der Waals surface area contributed by atoms with Crippen molar-refractivity contribution in [2.45, 2.75) is 19.3 Å². The van der Waals surface area contributed by atoms with E-state index in [1.165, 1.54) is 16.7 Å². The Morgan fingerprint density at radius 2 is 1.33 bits per heavy atom. The quantitative estimate of drug-likeness (QED) is 0.636. The molecule has 0 radical (unpaired) electrons. The van der Waals surface area contributed by atoms with Crippen molar-refractivity contribution < 1.29 is 0 Å². The lowest BCUT2D eigenvalue weighted by atomic mass is 9.90. The molecule has 0 bridgehead atoms. The van der Waals surface area contributed by atoms with E-state index in [0.29, 0.717) is 5.03 Å². The molecule has 2 aromatic rings. The number of hydrogen-bond acceptors (Lipinski definition) is 0. The standard InChI is InChI=1S/C19H16Cl2/c20-18-16(13-14-7-3-1-4-8-14)11-12-17(19(18)21)15-9-5-2-6-10-15/h1-10H,11-13H2. The predicted octanol–water partition coefficient (Wildman–Crippen LogP) is 6.17. The minimum atomic E-state index is 0.708. The fraction of sp³-hybridized carbons (Fsp3) is 0.158. The van der Waals surface area contributed by atoms with Crippen molar-refractivity contribution in [3.63, 3.8) is 0 Å². The van der Waals surface area contributed by atoms with Gasteiger partial charge in [0.05, 0.1) is 10.1 Å². The van der Waals surface area contributed by atoms with Crippen LogP contribution in [0.1, 0.15) is 24.0 Å². The van der Waals surface area contributed by atoms with Crippen LogP contribution in [0.15, 0.2) is 76.3 Å². The highest BCUT2D eigenvalue weighted by molar-refractivity contribution is 6.46. The van der Waals surface area contributed by atoms with Gasteiger partial charge in [-0.25, -0.2) is 0 Å². The van der Waals surface area contributed by atoms with E-state index >= 15 is 0 Å². The van der Waals surface area contributed by atoms with E-state index < -0.39 is 0 Å². The van der Waals surface area contributed by atoms with Crippen LogP contribution in [-0.4, -0.2) is 0 Å². The van der Waals surface area contributed by atoms with Gasteiger partial charge in [0.1, 0.15) is 0 Å². The van der Waals surface area contributed by atoms with Gasteiger partial charge in [0.25, 0.3) is 0 Å². The lowest BCUT2D eigenvalue weighted by Gasteiger charge is -2.20. The first-order valence-electron chi connectivity index (χ1n) is 7.11. The zero-order chi connectivity index (χ0) is 14.7. The molecule has 0 aromatic heterocycles. The van der Waals surface area contributed by atoms with E-state index in [1.807, 2.05) is 24.3 Å². The van der Waals surface area contributed by atoms with Gasteiger partial charge in [-0.15, -0.1) is 0 Å². The number of benzene rings is 2. The molecule has 0 saturated carbocycles. The third kappa shape index (κ3) is 3.23. The maximum absolute atomic E-state index is 6.52. The summed E-state index contributed by atoms with van der Waals surface area (Å²) in [5.74, 6) is 0. The number of rotatable bonds is 3. The van der Waals surface area contributed by atoms with Crippen molar-refractivity contribution in [2.75, 3.05) is 0 Å². The summed E-state index contributed by atoms with van der Waals surface area (Å²) >= 11 is 13.0. The molecule has 0 amide bonds. The Kier molecular flexibility index (Phi) is 4.48. The van der Waals surface area contributed by atoms with Crippen molar-refractivity contribution in [1.82, 2.24) is 0 Å². The van der Waals surface area contributed by atoms with Crippen molar-refractivity contribution in [3.8, 4) is 0 Å². The SMILES string of the molecule is ClC1=C(Cc2ccccc2)CCC(c2ccccc2)=C1Cl. The Balaban J connectivity index is 1.91. The summed E-state index contributed by atoms with van der Waals surface area (Å²) in [5.41, 5.74) is 4.82. The molecule has 2 heteroatoms. The third-order valence-electron chi connectivity index (χ3n) is 3.83. The van der Waals surface area contributed by atoms with Gasteiger partial charge in [0.2, 0.25) is 0 Å². The first-order valence-corrected chi connectivity index (χ1v) is 7.87. The summed E-state index contributed by atoms with van der Waals surface area (Å²) < 4.78 is 0. The van der Waals surface area contributed by atoms with E-state index in [2.05, 4.69) is 36.4 Å². The minimum absolute atomic E-state index is 0.708. The zero-order valence-corrected chi connectivity index (χ0v) is 13.2. The highest BCUT2D eigenvalue weighted by Crippen LogP contribution is 2.40. The number of hydrogen-bond donors (Lipinski definition) is 0. The van der Waals surface area contributed by atoms with Gasteiger partial charge in [0, 0.05) is 0 Å². The molecular weight excluding hydrogens is 299 g/mol. The van der Waals surface area contributed by atoms with Crippen molar-refractivity contribution in [2.24, 2.45) is 0 Å². The largest absolute Gasteiger partial charge is 0.0827 e. The highest BCUT2D eigenvalue weighted by Gasteiger charge is 2.20. The smallest absolute Gasteiger partial charge is 0.0630 e. The van der Waals surface area contributed by atoms with Crippen LogP contribution in [0, 0.1) is 0 Å². The fourth-order valence-electron chi connectivity index (χ4n) is 2.70. The molecule has 0 atom stereocenters. The van der Waals surface area contributed by atoms with E-state index in [-0.39, 0.29) is 0 Å². The average Bonchev–Trinajstić information content (AvgIpc) is 2.54. The van der Waals surface area contributed by atoms with Crippen LogP contribution in [0.3, 0.4) is 0 Å². The summed E-state index contributed by atoms with van der Waals surface area (Å²) in [4.78, 5) is 0. The van der Waals surface area contributed by atoms with Crippen molar-refractivity contribution >= 4 is 28.8 Å². The monoisotopic (exact) mass is 314 g/mol. The molecule has 0 aliphatic heterocycles. The van der Waals surface area contributed by atoms with E-state index in [9.17, 15) is 0 Å². The third-order valence-corrected chi connectivity index (χ3v) is 4.80. The lowest BCUT2D eigenvalue weighted by molar-refractivity contribution is 0.915. The van der Waals surface area contributed by atoms with Gasteiger partial charge in [-0.3, -0.25) is 0 Å². The summed E-state index contributed by atoms with van der Waals surface area (Å²) in [7, 11) is 0. The fourth-order valence-corrected chi connectivity index (χ4v) is 3.31. The Morgan fingerprint density at radius 3 is 2.00 bits per heavy atom. The van der Waals surface area contributed by atoms with Gasteiger partial charge >= 0.3 is 0 Å². The molecular formula is C19H16Cl2. The van der Waals surface area contributed by atoms with Gasteiger partial charge in [0.15, 0.2) is 0 Å². The number of halogens is 2. The Hall–Kier alpha value is -1.50. The molecule has 1 aliphatic carbocycles. The molecule has 0 heterocycles. The Bertz CT molecular complexity index is 682.